The third kappa shape index (κ3) is 17.9. The topological polar surface area (TPSA) is 155 Å². The van der Waals surface area contributed by atoms with Gasteiger partial charge in [-0.2, -0.15) is 0 Å². The van der Waals surface area contributed by atoms with Crippen LogP contribution in [0.1, 0.15) is 96.8 Å². The molecule has 38 heavy (non-hydrogen) atoms. The van der Waals surface area contributed by atoms with Crippen molar-refractivity contribution in [2.45, 2.75) is 115 Å². The second kappa shape index (κ2) is 21.3. The number of carbonyl (C=O) groups is 2. The average Bonchev–Trinajstić information content (AvgIpc) is 2.88. The lowest BCUT2D eigenvalue weighted by Gasteiger charge is -2.28. The molecule has 11 heteroatoms. The summed E-state index contributed by atoms with van der Waals surface area (Å²) in [6, 6.07) is -1.47. The predicted octanol–water partition coefficient (Wildman–Crippen LogP) is 5.44. The molecule has 1 unspecified atom stereocenters. The Morgan fingerprint density at radius 1 is 1.05 bits per heavy atom. The molecule has 0 radical (unpaired) electrons. The minimum atomic E-state index is -4.60. The molecule has 0 aliphatic carbocycles. The van der Waals surface area contributed by atoms with E-state index >= 15 is 0 Å². The summed E-state index contributed by atoms with van der Waals surface area (Å²) in [5.74, 6) is -1.74. The maximum Gasteiger partial charge on any atom is 0.472 e. The van der Waals surface area contributed by atoms with E-state index in [4.69, 9.17) is 24.8 Å². The van der Waals surface area contributed by atoms with Crippen molar-refractivity contribution < 1.29 is 42.7 Å². The lowest BCUT2D eigenvalue weighted by Crippen LogP contribution is -2.38. The number of allylic oxidation sites excluding steroid dienone is 2. The van der Waals surface area contributed by atoms with Gasteiger partial charge in [0.25, 0.3) is 0 Å². The zero-order chi connectivity index (χ0) is 28.1. The maximum atomic E-state index is 12.1. The number of rotatable bonds is 23. The first-order valence-electron chi connectivity index (χ1n) is 14.0. The van der Waals surface area contributed by atoms with Crippen molar-refractivity contribution in [3.8, 4) is 0 Å². The van der Waals surface area contributed by atoms with Crippen LogP contribution in [0.25, 0.3) is 0 Å². The molecule has 0 amide bonds. The Morgan fingerprint density at radius 3 is 2.29 bits per heavy atom. The Balaban J connectivity index is 2.12. The third-order valence-electron chi connectivity index (χ3n) is 6.14. The van der Waals surface area contributed by atoms with E-state index in [9.17, 15) is 19.0 Å². The highest BCUT2D eigenvalue weighted by atomic mass is 31.2. The van der Waals surface area contributed by atoms with Crippen LogP contribution in [-0.2, 0) is 32.7 Å². The van der Waals surface area contributed by atoms with Gasteiger partial charge in [-0.1, -0.05) is 82.6 Å². The fraction of sp³-hybridized carbons (Fsp3) is 0.778. The number of phosphoric acid groups is 1. The number of carbonyl (C=O) groups excluding carboxylic acids is 1. The molecular weight excluding hydrogens is 513 g/mol. The van der Waals surface area contributed by atoms with Crippen molar-refractivity contribution in [2.75, 3.05) is 19.8 Å². The van der Waals surface area contributed by atoms with Crippen LogP contribution in [0.3, 0.4) is 0 Å². The van der Waals surface area contributed by atoms with Crippen LogP contribution in [0.2, 0.25) is 0 Å². The molecule has 0 saturated carbocycles. The van der Waals surface area contributed by atoms with Gasteiger partial charge in [-0.25, -0.2) is 4.57 Å². The van der Waals surface area contributed by atoms with Crippen molar-refractivity contribution in [3.05, 3.63) is 24.3 Å². The minimum absolute atomic E-state index is 0.145. The zero-order valence-electron chi connectivity index (χ0n) is 22.8. The van der Waals surface area contributed by atoms with Gasteiger partial charge in [-0.15, -0.1) is 0 Å². The van der Waals surface area contributed by atoms with Crippen LogP contribution in [0.4, 0.5) is 0 Å². The van der Waals surface area contributed by atoms with E-state index in [-0.39, 0.29) is 19.2 Å². The van der Waals surface area contributed by atoms with Crippen LogP contribution < -0.4 is 5.73 Å². The second-order valence-corrected chi connectivity index (χ2v) is 11.0. The van der Waals surface area contributed by atoms with Crippen molar-refractivity contribution >= 4 is 19.8 Å². The Bertz CT molecular complexity index is 759. The zero-order valence-corrected chi connectivity index (χ0v) is 23.7. The largest absolute Gasteiger partial charge is 0.480 e. The summed E-state index contributed by atoms with van der Waals surface area (Å²) in [6.45, 7) is 1.63. The van der Waals surface area contributed by atoms with Gasteiger partial charge >= 0.3 is 19.8 Å². The van der Waals surface area contributed by atoms with E-state index in [0.717, 1.165) is 38.5 Å². The van der Waals surface area contributed by atoms with E-state index in [1.165, 1.54) is 51.0 Å². The lowest BCUT2D eigenvalue weighted by molar-refractivity contribution is -0.150. The lowest BCUT2D eigenvalue weighted by atomic mass is 10.1. The molecule has 1 heterocycles. The molecule has 0 aromatic carbocycles. The van der Waals surface area contributed by atoms with E-state index in [2.05, 4.69) is 23.6 Å². The number of hydrogen-bond donors (Lipinski definition) is 3. The van der Waals surface area contributed by atoms with Crippen molar-refractivity contribution in [1.82, 2.24) is 0 Å². The van der Waals surface area contributed by atoms with Crippen molar-refractivity contribution in [1.29, 1.82) is 0 Å². The number of aliphatic carboxylic acids is 1. The molecule has 0 aromatic heterocycles. The quantitative estimate of drug-likeness (QED) is 0.0636. The summed E-state index contributed by atoms with van der Waals surface area (Å²) in [4.78, 5) is 32.7. The number of hydrogen-bond acceptors (Lipinski definition) is 8. The van der Waals surface area contributed by atoms with E-state index in [0.29, 0.717) is 6.42 Å². The number of ether oxygens (including phenoxy) is 2. The van der Waals surface area contributed by atoms with E-state index < -0.39 is 38.6 Å². The van der Waals surface area contributed by atoms with Gasteiger partial charge in [-0.05, 0) is 32.1 Å². The molecule has 4 N–H and O–H groups in total. The van der Waals surface area contributed by atoms with Gasteiger partial charge in [0.2, 0.25) is 0 Å². The number of unbranched alkanes of at least 4 members (excludes halogenated alkanes) is 11. The Hall–Kier alpha value is -1.55. The highest BCUT2D eigenvalue weighted by molar-refractivity contribution is 7.47. The SMILES string of the molecule is CCCCCCCC/C=C\CCCCCCCC(=O)OC[C@@H]1OCC=C[C@H]1OP(=O)(O)OC[C@@H](N)C(=O)O. The number of nitrogens with two attached hydrogens (primary N) is 1. The van der Waals surface area contributed by atoms with Crippen molar-refractivity contribution in [2.24, 2.45) is 5.73 Å². The molecule has 10 nitrogen and oxygen atoms in total. The molecule has 0 saturated heterocycles. The molecule has 220 valence electrons. The second-order valence-electron chi connectivity index (χ2n) is 9.60. The fourth-order valence-corrected chi connectivity index (χ4v) is 4.77. The summed E-state index contributed by atoms with van der Waals surface area (Å²) in [6.07, 6.45) is 21.5. The average molecular weight is 562 g/mol. The normalized spacial score (nSPS) is 19.9. The molecule has 1 aliphatic rings. The van der Waals surface area contributed by atoms with Gasteiger partial charge in [0.15, 0.2) is 0 Å². The van der Waals surface area contributed by atoms with Crippen LogP contribution in [-0.4, -0.2) is 60.0 Å². The monoisotopic (exact) mass is 561 g/mol. The number of carboxylic acid groups (broad SMARTS) is 1. The van der Waals surface area contributed by atoms with Gasteiger partial charge < -0.3 is 25.2 Å². The third-order valence-corrected chi connectivity index (χ3v) is 7.12. The molecule has 1 rings (SSSR count). The maximum absolute atomic E-state index is 12.1. The summed E-state index contributed by atoms with van der Waals surface area (Å²) >= 11 is 0. The Morgan fingerprint density at radius 2 is 1.66 bits per heavy atom. The van der Waals surface area contributed by atoms with E-state index in [1.54, 1.807) is 6.08 Å². The molecule has 1 aliphatic heterocycles. The number of phosphoric ester groups is 1. The highest BCUT2D eigenvalue weighted by Crippen LogP contribution is 2.45. The van der Waals surface area contributed by atoms with Gasteiger partial charge in [0.05, 0.1) is 13.2 Å². The summed E-state index contributed by atoms with van der Waals surface area (Å²) in [5.41, 5.74) is 5.27. The minimum Gasteiger partial charge on any atom is -0.480 e. The first kappa shape index (κ1) is 34.5. The molecule has 4 atom stereocenters. The molecule has 0 fully saturated rings. The molecule has 0 spiro atoms. The highest BCUT2D eigenvalue weighted by Gasteiger charge is 2.34. The number of esters is 1. The predicted molar refractivity (Wildman–Crippen MR) is 146 cm³/mol. The Kier molecular flexibility index (Phi) is 19.3. The first-order valence-corrected chi connectivity index (χ1v) is 15.5. The summed E-state index contributed by atoms with van der Waals surface area (Å²) in [7, 11) is -4.60. The van der Waals surface area contributed by atoms with Crippen LogP contribution in [0, 0.1) is 0 Å². The summed E-state index contributed by atoms with van der Waals surface area (Å²) < 4.78 is 32.6. The fourth-order valence-electron chi connectivity index (χ4n) is 3.85. The van der Waals surface area contributed by atoms with Crippen LogP contribution >= 0.6 is 7.82 Å². The van der Waals surface area contributed by atoms with E-state index in [1.807, 2.05) is 0 Å². The molecule has 0 aromatic rings. The summed E-state index contributed by atoms with van der Waals surface area (Å²) in [5, 5.41) is 8.75. The van der Waals surface area contributed by atoms with Crippen LogP contribution in [0.5, 0.6) is 0 Å². The molecule has 0 bridgehead atoms. The van der Waals surface area contributed by atoms with Gasteiger partial charge in [0.1, 0.15) is 24.9 Å². The van der Waals surface area contributed by atoms with Crippen LogP contribution in [0.15, 0.2) is 24.3 Å². The Labute approximate surface area is 227 Å². The molecular formula is C27H48NO9P. The smallest absolute Gasteiger partial charge is 0.472 e. The van der Waals surface area contributed by atoms with Gasteiger partial charge in [-0.3, -0.25) is 18.6 Å². The first-order chi connectivity index (χ1) is 18.2. The van der Waals surface area contributed by atoms with Gasteiger partial charge in [0, 0.05) is 6.42 Å². The standard InChI is InChI=1S/C27H48NO9P/c1-2-3-4-5-6-7-8-9-10-11-12-13-14-15-16-19-26(29)35-22-25-24(18-17-20-34-25)37-38(32,33)36-21-23(28)27(30)31/h9-10,17-18,23-25H,2-8,11-16,19-22,28H2,1H3,(H,30,31)(H,32,33)/b10-9-/t23-,24-,25+/m1/s1. The van der Waals surface area contributed by atoms with Crippen molar-refractivity contribution in [3.63, 3.8) is 0 Å². The number of carboxylic acids is 1.